The van der Waals surface area contributed by atoms with Crippen LogP contribution in [0.1, 0.15) is 48.5 Å². The highest BCUT2D eigenvalue weighted by atomic mass is 32.4. The lowest BCUT2D eigenvalue weighted by molar-refractivity contribution is 0.634. The van der Waals surface area contributed by atoms with Crippen LogP contribution >= 0.6 is 11.2 Å². The summed E-state index contributed by atoms with van der Waals surface area (Å²) in [5, 5.41) is 0.705. The predicted molar refractivity (Wildman–Crippen MR) is 97.1 cm³/mol. The Hall–Kier alpha value is -0.473. The molecule has 0 fully saturated rings. The Morgan fingerprint density at radius 2 is 1.45 bits per heavy atom. The summed E-state index contributed by atoms with van der Waals surface area (Å²) in [5.74, 6) is 0. The summed E-state index contributed by atoms with van der Waals surface area (Å²) in [6, 6.07) is 12.2. The number of benzene rings is 1. The summed E-state index contributed by atoms with van der Waals surface area (Å²) < 4.78 is 0. The van der Waals surface area contributed by atoms with Gasteiger partial charge in [-0.3, -0.25) is 0 Å². The second kappa shape index (κ2) is 6.53. The molecule has 0 N–H and O–H groups in total. The first-order valence-electron chi connectivity index (χ1n) is 7.49. The molecule has 0 saturated heterocycles. The average Bonchev–Trinajstić information content (AvgIpc) is 2.32. The molecule has 0 nitrogen and oxygen atoms in total. The molecule has 0 heterocycles. The fourth-order valence-corrected chi connectivity index (χ4v) is 12.5. The van der Waals surface area contributed by atoms with Crippen LogP contribution in [0.25, 0.3) is 0 Å². The highest BCUT2D eigenvalue weighted by Crippen LogP contribution is 2.60. The van der Waals surface area contributed by atoms with Crippen molar-refractivity contribution in [1.82, 2.24) is 0 Å². The van der Waals surface area contributed by atoms with E-state index < -0.39 is 7.22 Å². The van der Waals surface area contributed by atoms with Gasteiger partial charge in [-0.05, 0) is 35.2 Å². The first-order valence-corrected chi connectivity index (χ1v) is 11.2. The van der Waals surface area contributed by atoms with Gasteiger partial charge in [0, 0.05) is 4.90 Å². The van der Waals surface area contributed by atoms with Crippen molar-refractivity contribution < 1.29 is 0 Å². The molecule has 0 aromatic heterocycles. The van der Waals surface area contributed by atoms with Gasteiger partial charge < -0.3 is 0 Å². The molecular formula is C18H30SSi. The maximum atomic E-state index is 2.43. The van der Waals surface area contributed by atoms with E-state index in [0.29, 0.717) is 10.1 Å². The molecule has 0 atom stereocenters. The smallest absolute Gasteiger partial charge is 0.137 e. The van der Waals surface area contributed by atoms with Gasteiger partial charge in [-0.15, -0.1) is 11.2 Å². The Kier molecular flexibility index (Phi) is 5.74. The van der Waals surface area contributed by atoms with Gasteiger partial charge in [-0.2, -0.15) is 0 Å². The second-order valence-electron chi connectivity index (χ2n) is 7.52. The van der Waals surface area contributed by atoms with E-state index in [0.717, 1.165) is 0 Å². The summed E-state index contributed by atoms with van der Waals surface area (Å²) in [7, 11) is -1.63. The van der Waals surface area contributed by atoms with Crippen molar-refractivity contribution in [3.05, 3.63) is 42.5 Å². The van der Waals surface area contributed by atoms with Crippen LogP contribution < -0.4 is 0 Å². The van der Waals surface area contributed by atoms with Crippen LogP contribution in [0.3, 0.4) is 0 Å². The quantitative estimate of drug-likeness (QED) is 0.430. The highest BCUT2D eigenvalue weighted by Gasteiger charge is 2.52. The molecule has 0 aliphatic carbocycles. The van der Waals surface area contributed by atoms with E-state index in [1.807, 2.05) is 0 Å². The molecule has 0 amide bonds. The Morgan fingerprint density at radius 3 is 1.85 bits per heavy atom. The van der Waals surface area contributed by atoms with Crippen LogP contribution in [-0.4, -0.2) is 7.22 Å². The Morgan fingerprint density at radius 1 is 0.950 bits per heavy atom. The lowest BCUT2D eigenvalue weighted by atomic mass is 10.2. The van der Waals surface area contributed by atoms with Crippen LogP contribution in [0.4, 0.5) is 0 Å². The van der Waals surface area contributed by atoms with E-state index in [9.17, 15) is 0 Å². The zero-order chi connectivity index (χ0) is 15.4. The number of allylic oxidation sites excluding steroid dienone is 2. The molecule has 0 radical (unpaired) electrons. The van der Waals surface area contributed by atoms with Crippen LogP contribution in [0.5, 0.6) is 0 Å². The number of hydrogen-bond donors (Lipinski definition) is 0. The van der Waals surface area contributed by atoms with Crippen LogP contribution in [-0.2, 0) is 0 Å². The van der Waals surface area contributed by atoms with Gasteiger partial charge in [0.25, 0.3) is 0 Å². The average molecular weight is 307 g/mol. The summed E-state index contributed by atoms with van der Waals surface area (Å²) in [5.41, 5.74) is 0. The fourth-order valence-electron chi connectivity index (χ4n) is 3.06. The van der Waals surface area contributed by atoms with Crippen molar-refractivity contribution in [1.29, 1.82) is 0 Å². The molecule has 0 aliphatic heterocycles. The second-order valence-corrected chi connectivity index (χ2v) is 16.0. The minimum Gasteiger partial charge on any atom is -0.150 e. The standard InChI is InChI=1S/C18H30SSi/c1-8-9-15-20(17(2,3)4,18(5,6)7)19-16-13-11-10-12-14-16/h8-14H,15H2,1-7H3/b9-8+. The Labute approximate surface area is 130 Å². The van der Waals surface area contributed by atoms with Gasteiger partial charge in [0.15, 0.2) is 0 Å². The molecule has 0 bridgehead atoms. The van der Waals surface area contributed by atoms with Crippen molar-refractivity contribution in [3.8, 4) is 0 Å². The van der Waals surface area contributed by atoms with Gasteiger partial charge in [0.05, 0.1) is 0 Å². The van der Waals surface area contributed by atoms with Crippen molar-refractivity contribution in [2.24, 2.45) is 0 Å². The molecule has 0 unspecified atom stereocenters. The van der Waals surface area contributed by atoms with Crippen molar-refractivity contribution in [3.63, 3.8) is 0 Å². The summed E-state index contributed by atoms with van der Waals surface area (Å²) in [4.78, 5) is 1.42. The van der Waals surface area contributed by atoms with Gasteiger partial charge in [-0.1, -0.05) is 71.9 Å². The van der Waals surface area contributed by atoms with Crippen LogP contribution in [0, 0.1) is 0 Å². The number of hydrogen-bond acceptors (Lipinski definition) is 1. The minimum absolute atomic E-state index is 0.352. The van der Waals surface area contributed by atoms with Gasteiger partial charge in [0.2, 0.25) is 0 Å². The van der Waals surface area contributed by atoms with Crippen LogP contribution in [0.2, 0.25) is 16.1 Å². The molecule has 1 aromatic rings. The van der Waals surface area contributed by atoms with E-state index in [1.165, 1.54) is 10.9 Å². The zero-order valence-electron chi connectivity index (χ0n) is 14.2. The Balaban J connectivity index is 3.30. The molecule has 0 saturated carbocycles. The van der Waals surface area contributed by atoms with E-state index in [1.54, 1.807) is 0 Å². The van der Waals surface area contributed by atoms with Crippen LogP contribution in [0.15, 0.2) is 47.4 Å². The monoisotopic (exact) mass is 306 g/mol. The third-order valence-electron chi connectivity index (χ3n) is 4.10. The largest absolute Gasteiger partial charge is 0.150 e. The zero-order valence-corrected chi connectivity index (χ0v) is 16.0. The normalized spacial score (nSPS) is 13.9. The van der Waals surface area contributed by atoms with Gasteiger partial charge >= 0.3 is 0 Å². The molecule has 0 aliphatic rings. The molecule has 1 rings (SSSR count). The topological polar surface area (TPSA) is 0 Å². The van der Waals surface area contributed by atoms with E-state index in [2.05, 4.69) is 102 Å². The third kappa shape index (κ3) is 3.79. The maximum Gasteiger partial charge on any atom is 0.137 e. The predicted octanol–water partition coefficient (Wildman–Crippen LogP) is 6.90. The summed E-state index contributed by atoms with van der Waals surface area (Å²) in [6.07, 6.45) is 4.60. The maximum absolute atomic E-state index is 2.43. The SMILES string of the molecule is C/C=C/C[Si](Sc1ccccc1)(C(C)(C)C)C(C)(C)C. The highest BCUT2D eigenvalue weighted by molar-refractivity contribution is 8.29. The molecule has 20 heavy (non-hydrogen) atoms. The lowest BCUT2D eigenvalue weighted by Crippen LogP contribution is -2.48. The lowest BCUT2D eigenvalue weighted by Gasteiger charge is -2.51. The minimum atomic E-state index is -1.63. The molecule has 112 valence electrons. The van der Waals surface area contributed by atoms with Gasteiger partial charge in [0.1, 0.15) is 7.22 Å². The molecule has 2 heteroatoms. The van der Waals surface area contributed by atoms with Gasteiger partial charge in [-0.25, -0.2) is 0 Å². The Bertz CT molecular complexity index is 421. The van der Waals surface area contributed by atoms with Crippen molar-refractivity contribution in [2.75, 3.05) is 0 Å². The van der Waals surface area contributed by atoms with E-state index >= 15 is 0 Å². The van der Waals surface area contributed by atoms with E-state index in [-0.39, 0.29) is 0 Å². The fraction of sp³-hybridized carbons (Fsp3) is 0.556. The number of rotatable bonds is 4. The van der Waals surface area contributed by atoms with E-state index in [4.69, 9.17) is 0 Å². The molecular weight excluding hydrogens is 276 g/mol. The van der Waals surface area contributed by atoms with Crippen molar-refractivity contribution in [2.45, 2.75) is 69.5 Å². The summed E-state index contributed by atoms with van der Waals surface area (Å²) in [6.45, 7) is 16.7. The third-order valence-corrected chi connectivity index (χ3v) is 16.5. The molecule has 1 aromatic carbocycles. The summed E-state index contributed by atoms with van der Waals surface area (Å²) >= 11 is 2.18. The first-order chi connectivity index (χ1) is 9.14. The van der Waals surface area contributed by atoms with Crippen molar-refractivity contribution >= 4 is 18.4 Å². The first kappa shape index (κ1) is 17.6. The molecule has 0 spiro atoms.